The number of methoxy groups -OCH3 is 1. The Balaban J connectivity index is 1.81. The molecule has 4 rings (SSSR count). The van der Waals surface area contributed by atoms with Crippen LogP contribution in [-0.2, 0) is 4.74 Å². The van der Waals surface area contributed by atoms with E-state index < -0.39 is 5.97 Å². The summed E-state index contributed by atoms with van der Waals surface area (Å²) in [5.41, 5.74) is 4.29. The molecule has 2 aliphatic heterocycles. The maximum absolute atomic E-state index is 11.9. The van der Waals surface area contributed by atoms with Crippen molar-refractivity contribution >= 4 is 32.7 Å². The van der Waals surface area contributed by atoms with Crippen molar-refractivity contribution in [1.29, 1.82) is 0 Å². The lowest BCUT2D eigenvalue weighted by Crippen LogP contribution is -2.16. The van der Waals surface area contributed by atoms with E-state index >= 15 is 0 Å². The van der Waals surface area contributed by atoms with Crippen LogP contribution in [0.1, 0.15) is 10.4 Å². The molecule has 3 heterocycles. The molecule has 120 valence electrons. The molecule has 2 aliphatic rings. The first-order chi connectivity index (χ1) is 11.7. The molecule has 8 nitrogen and oxygen atoms in total. The predicted molar refractivity (Wildman–Crippen MR) is 89.4 cm³/mol. The molecule has 0 saturated carbocycles. The molecule has 2 aromatic rings. The van der Waals surface area contributed by atoms with Crippen molar-refractivity contribution in [2.24, 2.45) is 0 Å². The summed E-state index contributed by atoms with van der Waals surface area (Å²) in [5.74, 6) is -0.577. The molecule has 0 spiro atoms. The first-order valence-electron chi connectivity index (χ1n) is 6.97. The van der Waals surface area contributed by atoms with Gasteiger partial charge >= 0.3 is 5.97 Å². The summed E-state index contributed by atoms with van der Waals surface area (Å²) in [4.78, 5) is 28.3. The normalized spacial score (nSPS) is 11.0. The molecule has 0 aliphatic carbocycles. The van der Waals surface area contributed by atoms with E-state index in [-0.39, 0.29) is 22.4 Å². The summed E-state index contributed by atoms with van der Waals surface area (Å²) in [6, 6.07) is 7.73. The summed E-state index contributed by atoms with van der Waals surface area (Å²) in [7, 11) is 1.28. The summed E-state index contributed by atoms with van der Waals surface area (Å²) in [5, 5.41) is 6.85. The summed E-state index contributed by atoms with van der Waals surface area (Å²) >= 11 is 1.46. The quantitative estimate of drug-likeness (QED) is 0.552. The molecular formula is C15H11N5O3S. The van der Waals surface area contributed by atoms with E-state index in [1.165, 1.54) is 29.3 Å². The van der Waals surface area contributed by atoms with Gasteiger partial charge in [0.15, 0.2) is 0 Å². The highest BCUT2D eigenvalue weighted by molar-refractivity contribution is 7.22. The number of thiazole rings is 1. The molecule has 0 bridgehead atoms. The Bertz CT molecular complexity index is 1050. The van der Waals surface area contributed by atoms with Crippen LogP contribution in [0.4, 0.5) is 5.13 Å². The number of fused-ring (bicyclic) bond motifs is 2. The second-order valence-corrected chi connectivity index (χ2v) is 6.01. The minimum Gasteiger partial charge on any atom is -0.465 e. The minimum atomic E-state index is -0.577. The van der Waals surface area contributed by atoms with Gasteiger partial charge < -0.3 is 4.74 Å². The number of benzene rings is 1. The van der Waals surface area contributed by atoms with Gasteiger partial charge in [-0.1, -0.05) is 23.5 Å². The maximum Gasteiger partial charge on any atom is 0.341 e. The van der Waals surface area contributed by atoms with E-state index in [1.54, 1.807) is 6.20 Å². The summed E-state index contributed by atoms with van der Waals surface area (Å²) in [6.45, 7) is 0. The van der Waals surface area contributed by atoms with Crippen LogP contribution in [0.5, 0.6) is 0 Å². The highest BCUT2D eigenvalue weighted by Gasteiger charge is 2.22. The van der Waals surface area contributed by atoms with Crippen LogP contribution in [0, 0.1) is 0 Å². The van der Waals surface area contributed by atoms with Crippen molar-refractivity contribution in [3.63, 3.8) is 0 Å². The number of carbonyl (C=O) groups is 1. The number of rotatable bonds is 3. The number of anilines is 1. The second-order valence-electron chi connectivity index (χ2n) is 4.98. The van der Waals surface area contributed by atoms with Gasteiger partial charge in [0.05, 0.1) is 22.9 Å². The molecule has 0 atom stereocenters. The fourth-order valence-electron chi connectivity index (χ4n) is 2.39. The van der Waals surface area contributed by atoms with Crippen LogP contribution in [0.3, 0.4) is 0 Å². The van der Waals surface area contributed by atoms with Crippen molar-refractivity contribution in [1.82, 2.24) is 19.9 Å². The van der Waals surface area contributed by atoms with Gasteiger partial charge in [-0.25, -0.2) is 14.9 Å². The molecular weight excluding hydrogens is 330 g/mol. The van der Waals surface area contributed by atoms with Crippen molar-refractivity contribution in [3.8, 4) is 11.3 Å². The highest BCUT2D eigenvalue weighted by Crippen LogP contribution is 2.26. The summed E-state index contributed by atoms with van der Waals surface area (Å²) in [6.07, 6.45) is 3.07. The Morgan fingerprint density at radius 3 is 2.96 bits per heavy atom. The van der Waals surface area contributed by atoms with Crippen molar-refractivity contribution in [2.45, 2.75) is 0 Å². The zero-order valence-corrected chi connectivity index (χ0v) is 13.3. The van der Waals surface area contributed by atoms with Gasteiger partial charge in [0.2, 0.25) is 5.13 Å². The molecule has 1 aromatic heterocycles. The number of hydrogen-bond donors (Lipinski definition) is 2. The maximum atomic E-state index is 11.9. The zero-order valence-electron chi connectivity index (χ0n) is 12.4. The lowest BCUT2D eigenvalue weighted by atomic mass is 10.1. The van der Waals surface area contributed by atoms with Crippen LogP contribution in [0.2, 0.25) is 0 Å². The molecule has 24 heavy (non-hydrogen) atoms. The molecule has 2 N–H and O–H groups in total. The highest BCUT2D eigenvalue weighted by atomic mass is 32.1. The van der Waals surface area contributed by atoms with Gasteiger partial charge in [0.25, 0.3) is 5.56 Å². The SMILES string of the molecule is COC(=O)c1cn(Nc2nc3ccccc3s2)cc2c(=O)[nH]nc1-2. The van der Waals surface area contributed by atoms with Crippen LogP contribution in [-0.4, -0.2) is 32.9 Å². The Labute approximate surface area is 139 Å². The van der Waals surface area contributed by atoms with Crippen LogP contribution >= 0.6 is 11.3 Å². The number of pyridine rings is 1. The van der Waals surface area contributed by atoms with Crippen LogP contribution in [0.15, 0.2) is 41.5 Å². The number of esters is 1. The molecule has 0 fully saturated rings. The van der Waals surface area contributed by atoms with E-state index in [0.29, 0.717) is 5.13 Å². The Hall–Kier alpha value is -3.20. The Morgan fingerprint density at radius 1 is 1.33 bits per heavy atom. The van der Waals surface area contributed by atoms with E-state index in [1.807, 2.05) is 24.3 Å². The first kappa shape index (κ1) is 14.4. The molecule has 0 unspecified atom stereocenters. The van der Waals surface area contributed by atoms with Crippen LogP contribution < -0.4 is 11.0 Å². The second kappa shape index (κ2) is 5.46. The fraction of sp³-hybridized carbons (Fsp3) is 0.0667. The average Bonchev–Trinajstić information content (AvgIpc) is 3.17. The van der Waals surface area contributed by atoms with Gasteiger partial charge in [-0.2, -0.15) is 5.10 Å². The topological polar surface area (TPSA) is 102 Å². The number of carbonyl (C=O) groups excluding carboxylic acids is 1. The van der Waals surface area contributed by atoms with Crippen LogP contribution in [0.25, 0.3) is 21.5 Å². The number of para-hydroxylation sites is 1. The van der Waals surface area contributed by atoms with Gasteiger partial charge in [0.1, 0.15) is 11.3 Å². The number of hydrogen-bond acceptors (Lipinski definition) is 7. The largest absolute Gasteiger partial charge is 0.465 e. The Kier molecular flexibility index (Phi) is 3.28. The van der Waals surface area contributed by atoms with Crippen molar-refractivity contribution in [3.05, 3.63) is 52.6 Å². The number of ether oxygens (including phenoxy) is 1. The first-order valence-corrected chi connectivity index (χ1v) is 7.78. The number of H-pyrrole nitrogens is 1. The van der Waals surface area contributed by atoms with E-state index in [4.69, 9.17) is 4.74 Å². The van der Waals surface area contributed by atoms with Gasteiger partial charge in [-0.05, 0) is 12.1 Å². The number of nitrogens with one attached hydrogen (secondary N) is 2. The van der Waals surface area contributed by atoms with Gasteiger partial charge in [0, 0.05) is 12.4 Å². The number of aromatic amines is 1. The smallest absolute Gasteiger partial charge is 0.341 e. The molecule has 0 saturated heterocycles. The summed E-state index contributed by atoms with van der Waals surface area (Å²) < 4.78 is 7.29. The number of nitrogens with zero attached hydrogens (tertiary/aromatic N) is 3. The molecule has 0 radical (unpaired) electrons. The van der Waals surface area contributed by atoms with Crippen molar-refractivity contribution < 1.29 is 9.53 Å². The average molecular weight is 341 g/mol. The third-order valence-corrected chi connectivity index (χ3v) is 4.43. The van der Waals surface area contributed by atoms with E-state index in [9.17, 15) is 9.59 Å². The molecule has 1 aromatic carbocycles. The molecule has 9 heteroatoms. The van der Waals surface area contributed by atoms with Crippen molar-refractivity contribution in [2.75, 3.05) is 12.5 Å². The fourth-order valence-corrected chi connectivity index (χ4v) is 3.26. The third kappa shape index (κ3) is 2.31. The predicted octanol–water partition coefficient (Wildman–Crippen LogP) is 1.95. The monoisotopic (exact) mass is 341 g/mol. The zero-order chi connectivity index (χ0) is 16.7. The molecule has 0 amide bonds. The van der Waals surface area contributed by atoms with Gasteiger partial charge in [-0.3, -0.25) is 14.9 Å². The minimum absolute atomic E-state index is 0.182. The Morgan fingerprint density at radius 2 is 2.17 bits per heavy atom. The van der Waals surface area contributed by atoms with Gasteiger partial charge in [-0.15, -0.1) is 0 Å². The standard InChI is InChI=1S/C15H11N5O3S/c1-23-14(22)9-7-20(6-8-12(9)17-18-13(8)21)19-15-16-10-4-2-3-5-11(10)24-15/h2-7H,1H3,(H,16,19)(H,18,21). The third-order valence-electron chi connectivity index (χ3n) is 3.48. The number of aromatic nitrogens is 4. The lowest BCUT2D eigenvalue weighted by molar-refractivity contribution is 0.0600. The lowest BCUT2D eigenvalue weighted by Gasteiger charge is -2.11. The van der Waals surface area contributed by atoms with E-state index in [2.05, 4.69) is 20.6 Å². The van der Waals surface area contributed by atoms with E-state index in [0.717, 1.165) is 10.2 Å².